The van der Waals surface area contributed by atoms with Gasteiger partial charge >= 0.3 is 0 Å². The lowest BCUT2D eigenvalue weighted by Crippen LogP contribution is -2.51. The Balaban J connectivity index is 1.11. The quantitative estimate of drug-likeness (QED) is 0.393. The van der Waals surface area contributed by atoms with E-state index in [-0.39, 0.29) is 18.4 Å². The average molecular weight is 497 g/mol. The molecule has 0 saturated carbocycles. The lowest BCUT2D eigenvalue weighted by molar-refractivity contribution is -0.133. The van der Waals surface area contributed by atoms with E-state index in [4.69, 9.17) is 0 Å². The lowest BCUT2D eigenvalue weighted by atomic mass is 10.1. The van der Waals surface area contributed by atoms with Crippen molar-refractivity contribution in [1.82, 2.24) is 29.7 Å². The number of nitrogens with zero attached hydrogens (tertiary/aromatic N) is 6. The van der Waals surface area contributed by atoms with Crippen molar-refractivity contribution in [3.63, 3.8) is 0 Å². The topological polar surface area (TPSA) is 74.6 Å². The van der Waals surface area contributed by atoms with Crippen LogP contribution in [0, 0.1) is 6.92 Å². The van der Waals surface area contributed by atoms with Gasteiger partial charge in [0.05, 0.1) is 18.6 Å². The van der Waals surface area contributed by atoms with Crippen LogP contribution in [-0.2, 0) is 17.9 Å². The molecule has 0 N–H and O–H groups in total. The molecular weight excluding hydrogens is 464 g/mol. The number of rotatable bonds is 7. The molecule has 1 aromatic heterocycles. The lowest BCUT2D eigenvalue weighted by Gasteiger charge is -2.35. The van der Waals surface area contributed by atoms with Crippen molar-refractivity contribution >= 4 is 22.8 Å². The minimum Gasteiger partial charge on any atom is -0.339 e. The Labute approximate surface area is 217 Å². The molecule has 0 aliphatic carbocycles. The van der Waals surface area contributed by atoms with Crippen molar-refractivity contribution in [2.75, 3.05) is 39.8 Å². The number of carbonyl (C=O) groups is 2. The Morgan fingerprint density at radius 2 is 1.62 bits per heavy atom. The highest BCUT2D eigenvalue weighted by Gasteiger charge is 2.23. The number of carbonyl (C=O) groups excluding carboxylic acids is 2. The van der Waals surface area contributed by atoms with E-state index in [0.29, 0.717) is 25.2 Å². The van der Waals surface area contributed by atoms with Crippen LogP contribution in [0.1, 0.15) is 27.0 Å². The minimum atomic E-state index is -0.163. The predicted molar refractivity (Wildman–Crippen MR) is 143 cm³/mol. The number of hydrogen-bond donors (Lipinski definition) is 0. The molecule has 8 nitrogen and oxygen atoms in total. The standard InChI is InChI=1S/C29H32N6O2/c1-22-6-5-7-24(18-22)19-33-14-16-34(17-15-33)28(36)21-32(2)29(37)25-12-10-23(11-13-25)20-35-27-9-4-3-8-26(27)30-31-35/h3-13,18H,14-17,19-21H2,1-2H3. The van der Waals surface area contributed by atoms with Crippen LogP contribution >= 0.6 is 0 Å². The van der Waals surface area contributed by atoms with E-state index >= 15 is 0 Å². The van der Waals surface area contributed by atoms with Crippen LogP contribution < -0.4 is 0 Å². The first-order chi connectivity index (χ1) is 18.0. The summed E-state index contributed by atoms with van der Waals surface area (Å²) in [6, 6.07) is 23.8. The Morgan fingerprint density at radius 3 is 2.38 bits per heavy atom. The third-order valence-electron chi connectivity index (χ3n) is 6.89. The molecule has 5 rings (SSSR count). The molecule has 0 radical (unpaired) electrons. The zero-order chi connectivity index (χ0) is 25.8. The predicted octanol–water partition coefficient (Wildman–Crippen LogP) is 3.20. The minimum absolute atomic E-state index is 0.0132. The average Bonchev–Trinajstić information content (AvgIpc) is 3.32. The van der Waals surface area contributed by atoms with Gasteiger partial charge in [-0.3, -0.25) is 14.5 Å². The normalized spacial score (nSPS) is 14.2. The highest BCUT2D eigenvalue weighted by molar-refractivity contribution is 5.96. The van der Waals surface area contributed by atoms with E-state index in [9.17, 15) is 9.59 Å². The van der Waals surface area contributed by atoms with Gasteiger partial charge in [-0.2, -0.15) is 0 Å². The van der Waals surface area contributed by atoms with Gasteiger partial charge < -0.3 is 9.80 Å². The van der Waals surface area contributed by atoms with Crippen molar-refractivity contribution < 1.29 is 9.59 Å². The maximum Gasteiger partial charge on any atom is 0.254 e. The summed E-state index contributed by atoms with van der Waals surface area (Å²) in [5.74, 6) is -0.176. The number of amides is 2. The molecular formula is C29H32N6O2. The number of hydrogen-bond acceptors (Lipinski definition) is 5. The Bertz CT molecular complexity index is 1390. The highest BCUT2D eigenvalue weighted by Crippen LogP contribution is 2.14. The van der Waals surface area contributed by atoms with Crippen LogP contribution in [0.4, 0.5) is 0 Å². The molecule has 2 amide bonds. The highest BCUT2D eigenvalue weighted by atomic mass is 16.2. The molecule has 0 unspecified atom stereocenters. The van der Waals surface area contributed by atoms with Gasteiger partial charge in [-0.25, -0.2) is 4.68 Å². The third kappa shape index (κ3) is 5.86. The number of para-hydroxylation sites is 1. The number of piperazine rings is 1. The monoisotopic (exact) mass is 496 g/mol. The van der Waals surface area contributed by atoms with Crippen molar-refractivity contribution in [1.29, 1.82) is 0 Å². The molecule has 190 valence electrons. The maximum absolute atomic E-state index is 13.0. The fourth-order valence-electron chi connectivity index (χ4n) is 4.78. The van der Waals surface area contributed by atoms with Crippen LogP contribution in [-0.4, -0.2) is 81.3 Å². The first kappa shape index (κ1) is 24.6. The third-order valence-corrected chi connectivity index (χ3v) is 6.89. The van der Waals surface area contributed by atoms with Crippen molar-refractivity contribution in [3.05, 3.63) is 95.1 Å². The summed E-state index contributed by atoms with van der Waals surface area (Å²) in [4.78, 5) is 31.6. The second-order valence-corrected chi connectivity index (χ2v) is 9.74. The van der Waals surface area contributed by atoms with Crippen LogP contribution in [0.15, 0.2) is 72.8 Å². The fourth-order valence-corrected chi connectivity index (χ4v) is 4.78. The Kier molecular flexibility index (Phi) is 7.28. The number of likely N-dealkylation sites (N-methyl/N-ethyl adjacent to an activating group) is 1. The molecule has 0 bridgehead atoms. The summed E-state index contributed by atoms with van der Waals surface area (Å²) in [5.41, 5.74) is 5.97. The first-order valence-corrected chi connectivity index (χ1v) is 12.6. The largest absolute Gasteiger partial charge is 0.339 e. The van der Waals surface area contributed by atoms with E-state index in [1.54, 1.807) is 7.05 Å². The van der Waals surface area contributed by atoms with Crippen LogP contribution in [0.2, 0.25) is 0 Å². The molecule has 8 heteroatoms. The van der Waals surface area contributed by atoms with Gasteiger partial charge in [0.25, 0.3) is 5.91 Å². The molecule has 2 heterocycles. The summed E-state index contributed by atoms with van der Waals surface area (Å²) < 4.78 is 1.84. The summed E-state index contributed by atoms with van der Waals surface area (Å²) in [6.07, 6.45) is 0. The fraction of sp³-hybridized carbons (Fsp3) is 0.310. The summed E-state index contributed by atoms with van der Waals surface area (Å²) in [5, 5.41) is 8.42. The molecule has 3 aromatic carbocycles. The molecule has 1 aliphatic heterocycles. The second-order valence-electron chi connectivity index (χ2n) is 9.74. The maximum atomic E-state index is 13.0. The number of fused-ring (bicyclic) bond motifs is 1. The second kappa shape index (κ2) is 10.9. The number of benzene rings is 3. The number of aromatic nitrogens is 3. The molecule has 0 spiro atoms. The van der Waals surface area contributed by atoms with E-state index < -0.39 is 0 Å². The van der Waals surface area contributed by atoms with E-state index in [1.165, 1.54) is 16.0 Å². The Morgan fingerprint density at radius 1 is 0.865 bits per heavy atom. The molecule has 4 aromatic rings. The Hall–Kier alpha value is -4.04. The zero-order valence-corrected chi connectivity index (χ0v) is 21.4. The van der Waals surface area contributed by atoms with Crippen LogP contribution in [0.3, 0.4) is 0 Å². The van der Waals surface area contributed by atoms with Gasteiger partial charge in [-0.05, 0) is 42.3 Å². The number of aryl methyl sites for hydroxylation is 1. The van der Waals surface area contributed by atoms with Gasteiger partial charge in [0.2, 0.25) is 5.91 Å². The van der Waals surface area contributed by atoms with Gasteiger partial charge in [0, 0.05) is 45.3 Å². The summed E-state index contributed by atoms with van der Waals surface area (Å²) >= 11 is 0. The van der Waals surface area contributed by atoms with E-state index in [2.05, 4.69) is 46.4 Å². The SMILES string of the molecule is Cc1cccc(CN2CCN(C(=O)CN(C)C(=O)c3ccc(Cn4nnc5ccccc54)cc3)CC2)c1. The molecule has 1 fully saturated rings. The van der Waals surface area contributed by atoms with Crippen molar-refractivity contribution in [3.8, 4) is 0 Å². The zero-order valence-electron chi connectivity index (χ0n) is 21.4. The summed E-state index contributed by atoms with van der Waals surface area (Å²) in [6.45, 7) is 6.66. The van der Waals surface area contributed by atoms with Crippen molar-refractivity contribution in [2.45, 2.75) is 20.0 Å². The van der Waals surface area contributed by atoms with E-state index in [0.717, 1.165) is 36.2 Å². The molecule has 37 heavy (non-hydrogen) atoms. The smallest absolute Gasteiger partial charge is 0.254 e. The first-order valence-electron chi connectivity index (χ1n) is 12.6. The van der Waals surface area contributed by atoms with Gasteiger partial charge in [0.15, 0.2) is 0 Å². The van der Waals surface area contributed by atoms with Crippen LogP contribution in [0.5, 0.6) is 0 Å². The molecule has 1 aliphatic rings. The van der Waals surface area contributed by atoms with Crippen LogP contribution in [0.25, 0.3) is 11.0 Å². The molecule has 1 saturated heterocycles. The van der Waals surface area contributed by atoms with Gasteiger partial charge in [0.1, 0.15) is 5.52 Å². The van der Waals surface area contributed by atoms with Crippen molar-refractivity contribution in [2.24, 2.45) is 0 Å². The molecule has 0 atom stereocenters. The van der Waals surface area contributed by atoms with Gasteiger partial charge in [-0.1, -0.05) is 59.3 Å². The summed E-state index contributed by atoms with van der Waals surface area (Å²) in [7, 11) is 1.68. The van der Waals surface area contributed by atoms with Gasteiger partial charge in [-0.15, -0.1) is 5.10 Å². The van der Waals surface area contributed by atoms with E-state index in [1.807, 2.05) is 58.1 Å².